The summed E-state index contributed by atoms with van der Waals surface area (Å²) >= 11 is 0. The van der Waals surface area contributed by atoms with Crippen LogP contribution in [0.3, 0.4) is 0 Å². The molecule has 1 unspecified atom stereocenters. The summed E-state index contributed by atoms with van der Waals surface area (Å²) in [5, 5.41) is 0. The number of nitrogens with zero attached hydrogens (tertiary/aromatic N) is 1. The molecule has 0 aromatic heterocycles. The van der Waals surface area contributed by atoms with Gasteiger partial charge in [0.05, 0.1) is 6.04 Å². The summed E-state index contributed by atoms with van der Waals surface area (Å²) in [6, 6.07) is 14.4. The number of likely N-dealkylation sites (N-methyl/N-ethyl adjacent to an activating group) is 1. The quantitative estimate of drug-likeness (QED) is 0.899. The lowest BCUT2D eigenvalue weighted by Gasteiger charge is -2.30. The summed E-state index contributed by atoms with van der Waals surface area (Å²) in [6.45, 7) is 2.38. The van der Waals surface area contributed by atoms with Crippen molar-refractivity contribution in [3.05, 3.63) is 65.2 Å². The molecule has 0 fully saturated rings. The van der Waals surface area contributed by atoms with E-state index < -0.39 is 6.43 Å². The van der Waals surface area contributed by atoms with Crippen molar-refractivity contribution in [3.8, 4) is 0 Å². The SMILES string of the molecule is Cc1cccc(N(C)C(CN)c2cccc(C(F)F)c2)c1. The fourth-order valence-corrected chi connectivity index (χ4v) is 2.45. The molecule has 0 spiro atoms. The highest BCUT2D eigenvalue weighted by Crippen LogP contribution is 2.28. The first-order valence-corrected chi connectivity index (χ1v) is 6.90. The fourth-order valence-electron chi connectivity index (χ4n) is 2.45. The fraction of sp³-hybridized carbons (Fsp3) is 0.294. The lowest BCUT2D eigenvalue weighted by atomic mass is 10.0. The number of alkyl halides is 2. The van der Waals surface area contributed by atoms with E-state index in [2.05, 4.69) is 6.07 Å². The molecule has 112 valence electrons. The van der Waals surface area contributed by atoms with Crippen LogP contribution in [0.25, 0.3) is 0 Å². The van der Waals surface area contributed by atoms with Gasteiger partial charge in [0.25, 0.3) is 6.43 Å². The van der Waals surface area contributed by atoms with Crippen LogP contribution < -0.4 is 10.6 Å². The maximum Gasteiger partial charge on any atom is 0.263 e. The highest BCUT2D eigenvalue weighted by Gasteiger charge is 2.18. The van der Waals surface area contributed by atoms with Crippen LogP contribution in [0.2, 0.25) is 0 Å². The van der Waals surface area contributed by atoms with Crippen molar-refractivity contribution in [1.29, 1.82) is 0 Å². The zero-order chi connectivity index (χ0) is 15.4. The Morgan fingerprint density at radius 1 is 1.05 bits per heavy atom. The third kappa shape index (κ3) is 3.58. The third-order valence-electron chi connectivity index (χ3n) is 3.65. The van der Waals surface area contributed by atoms with Gasteiger partial charge in [-0.05, 0) is 36.2 Å². The molecule has 0 aliphatic rings. The summed E-state index contributed by atoms with van der Waals surface area (Å²) in [7, 11) is 1.93. The molecule has 0 saturated carbocycles. The van der Waals surface area contributed by atoms with Crippen molar-refractivity contribution in [1.82, 2.24) is 0 Å². The zero-order valence-electron chi connectivity index (χ0n) is 12.3. The van der Waals surface area contributed by atoms with Crippen molar-refractivity contribution in [3.63, 3.8) is 0 Å². The lowest BCUT2D eigenvalue weighted by molar-refractivity contribution is 0.151. The second-order valence-corrected chi connectivity index (χ2v) is 5.17. The Kier molecular flexibility index (Phi) is 4.91. The number of hydrogen-bond donors (Lipinski definition) is 1. The van der Waals surface area contributed by atoms with Gasteiger partial charge in [0, 0.05) is 24.8 Å². The molecule has 2 rings (SSSR count). The molecule has 4 heteroatoms. The van der Waals surface area contributed by atoms with Gasteiger partial charge in [-0.15, -0.1) is 0 Å². The number of anilines is 1. The van der Waals surface area contributed by atoms with Crippen molar-refractivity contribution >= 4 is 5.69 Å². The van der Waals surface area contributed by atoms with E-state index in [4.69, 9.17) is 5.73 Å². The second-order valence-electron chi connectivity index (χ2n) is 5.17. The van der Waals surface area contributed by atoms with Gasteiger partial charge in [0.1, 0.15) is 0 Å². The van der Waals surface area contributed by atoms with Crippen LogP contribution in [-0.2, 0) is 0 Å². The number of rotatable bonds is 5. The van der Waals surface area contributed by atoms with Gasteiger partial charge in [0.2, 0.25) is 0 Å². The van der Waals surface area contributed by atoms with Gasteiger partial charge >= 0.3 is 0 Å². The summed E-state index contributed by atoms with van der Waals surface area (Å²) in [6.07, 6.45) is -2.47. The first kappa shape index (κ1) is 15.4. The molecule has 0 radical (unpaired) electrons. The number of hydrogen-bond acceptors (Lipinski definition) is 2. The molecule has 0 amide bonds. The summed E-state index contributed by atoms with van der Waals surface area (Å²) < 4.78 is 25.7. The summed E-state index contributed by atoms with van der Waals surface area (Å²) in [5.41, 5.74) is 8.88. The van der Waals surface area contributed by atoms with E-state index >= 15 is 0 Å². The zero-order valence-corrected chi connectivity index (χ0v) is 12.3. The smallest absolute Gasteiger partial charge is 0.263 e. The third-order valence-corrected chi connectivity index (χ3v) is 3.65. The van der Waals surface area contributed by atoms with Gasteiger partial charge in [-0.25, -0.2) is 8.78 Å². The van der Waals surface area contributed by atoms with Crippen LogP contribution in [0, 0.1) is 6.92 Å². The Morgan fingerprint density at radius 2 is 1.71 bits per heavy atom. The maximum absolute atomic E-state index is 12.8. The monoisotopic (exact) mass is 290 g/mol. The highest BCUT2D eigenvalue weighted by molar-refractivity contribution is 5.50. The van der Waals surface area contributed by atoms with E-state index in [9.17, 15) is 8.78 Å². The molecule has 0 heterocycles. The number of halogens is 2. The van der Waals surface area contributed by atoms with E-state index in [-0.39, 0.29) is 11.6 Å². The van der Waals surface area contributed by atoms with Crippen LogP contribution in [-0.4, -0.2) is 13.6 Å². The van der Waals surface area contributed by atoms with E-state index in [0.717, 1.165) is 16.8 Å². The van der Waals surface area contributed by atoms with Gasteiger partial charge < -0.3 is 10.6 Å². The predicted octanol–water partition coefficient (Wildman–Crippen LogP) is 4.07. The van der Waals surface area contributed by atoms with Gasteiger partial charge in [-0.3, -0.25) is 0 Å². The normalized spacial score (nSPS) is 12.5. The van der Waals surface area contributed by atoms with Crippen molar-refractivity contribution in [2.24, 2.45) is 5.73 Å². The van der Waals surface area contributed by atoms with Gasteiger partial charge in [-0.1, -0.05) is 30.3 Å². The maximum atomic E-state index is 12.8. The average molecular weight is 290 g/mol. The molecule has 0 saturated heterocycles. The molecule has 0 aliphatic carbocycles. The number of nitrogens with two attached hydrogens (primary N) is 1. The number of aryl methyl sites for hydroxylation is 1. The van der Waals surface area contributed by atoms with E-state index in [1.54, 1.807) is 6.07 Å². The Bertz CT molecular complexity index is 599. The Hall–Kier alpha value is -1.94. The van der Waals surface area contributed by atoms with Crippen LogP contribution in [0.5, 0.6) is 0 Å². The van der Waals surface area contributed by atoms with E-state index in [0.29, 0.717) is 6.54 Å². The standard InChI is InChI=1S/C17H20F2N2/c1-12-5-3-8-15(9-12)21(2)16(11-20)13-6-4-7-14(10-13)17(18)19/h3-10,16-17H,11,20H2,1-2H3. The second kappa shape index (κ2) is 6.68. The Balaban J connectivity index is 2.32. The molecule has 1 atom stereocenters. The minimum atomic E-state index is -2.47. The van der Waals surface area contributed by atoms with E-state index in [1.807, 2.05) is 43.1 Å². The lowest BCUT2D eigenvalue weighted by Crippen LogP contribution is -2.30. The van der Waals surface area contributed by atoms with Crippen LogP contribution in [0.4, 0.5) is 14.5 Å². The molecular weight excluding hydrogens is 270 g/mol. The number of benzene rings is 2. The van der Waals surface area contributed by atoms with Crippen LogP contribution in [0.15, 0.2) is 48.5 Å². The highest BCUT2D eigenvalue weighted by atomic mass is 19.3. The molecule has 2 N–H and O–H groups in total. The van der Waals surface area contributed by atoms with E-state index in [1.165, 1.54) is 12.1 Å². The summed E-state index contributed by atoms with van der Waals surface area (Å²) in [4.78, 5) is 2.03. The van der Waals surface area contributed by atoms with Crippen molar-refractivity contribution < 1.29 is 8.78 Å². The molecular formula is C17H20F2N2. The Morgan fingerprint density at radius 3 is 2.33 bits per heavy atom. The van der Waals surface area contributed by atoms with Crippen molar-refractivity contribution in [2.75, 3.05) is 18.5 Å². The average Bonchev–Trinajstić information content (AvgIpc) is 2.48. The first-order chi connectivity index (χ1) is 10.0. The molecule has 0 aliphatic heterocycles. The molecule has 0 bridgehead atoms. The summed E-state index contributed by atoms with van der Waals surface area (Å²) in [5.74, 6) is 0. The molecule has 21 heavy (non-hydrogen) atoms. The van der Waals surface area contributed by atoms with Crippen molar-refractivity contribution in [2.45, 2.75) is 19.4 Å². The molecule has 2 aromatic rings. The van der Waals surface area contributed by atoms with Gasteiger partial charge in [0.15, 0.2) is 0 Å². The predicted molar refractivity (Wildman–Crippen MR) is 82.8 cm³/mol. The van der Waals surface area contributed by atoms with Crippen LogP contribution >= 0.6 is 0 Å². The minimum absolute atomic E-state index is 0.0311. The minimum Gasteiger partial charge on any atom is -0.366 e. The topological polar surface area (TPSA) is 29.3 Å². The van der Waals surface area contributed by atoms with Gasteiger partial charge in [-0.2, -0.15) is 0 Å². The first-order valence-electron chi connectivity index (χ1n) is 6.90. The molecule has 2 aromatic carbocycles. The largest absolute Gasteiger partial charge is 0.366 e. The molecule has 2 nitrogen and oxygen atoms in total. The Labute approximate surface area is 124 Å². The van der Waals surface area contributed by atoms with Crippen LogP contribution in [0.1, 0.15) is 29.2 Å².